The van der Waals surface area contributed by atoms with E-state index < -0.39 is 15.5 Å². The highest BCUT2D eigenvalue weighted by Crippen LogP contribution is 2.33. The summed E-state index contributed by atoms with van der Waals surface area (Å²) in [4.78, 5) is 20.2. The number of aryl methyl sites for hydroxylation is 1. The molecule has 33 heavy (non-hydrogen) atoms. The van der Waals surface area contributed by atoms with Gasteiger partial charge >= 0.3 is 0 Å². The summed E-state index contributed by atoms with van der Waals surface area (Å²) in [6.07, 6.45) is 2.92. The molecule has 0 saturated carbocycles. The maximum atomic E-state index is 14.0. The van der Waals surface area contributed by atoms with E-state index in [-0.39, 0.29) is 12.0 Å². The van der Waals surface area contributed by atoms with Crippen molar-refractivity contribution in [1.82, 2.24) is 15.3 Å². The lowest BCUT2D eigenvalue weighted by Crippen LogP contribution is -2.33. The van der Waals surface area contributed by atoms with Crippen LogP contribution >= 0.6 is 0 Å². The Balaban J connectivity index is 1.91. The van der Waals surface area contributed by atoms with Gasteiger partial charge in [0.2, 0.25) is 5.91 Å². The fraction of sp³-hybridized carbons (Fsp3) is 0.304. The number of benzene rings is 2. The van der Waals surface area contributed by atoms with Crippen LogP contribution in [0.1, 0.15) is 25.8 Å². The second-order valence-corrected chi connectivity index (χ2v) is 10.1. The summed E-state index contributed by atoms with van der Waals surface area (Å²) in [5.74, 6) is 3.89. The van der Waals surface area contributed by atoms with E-state index in [1.54, 1.807) is 26.0 Å². The van der Waals surface area contributed by atoms with Gasteiger partial charge in [-0.3, -0.25) is 4.79 Å². The van der Waals surface area contributed by atoms with Crippen LogP contribution in [0.3, 0.4) is 0 Å². The smallest absolute Gasteiger partial charge is 0.219 e. The van der Waals surface area contributed by atoms with Crippen LogP contribution in [0.25, 0.3) is 10.9 Å². The molecule has 1 aromatic heterocycles. The van der Waals surface area contributed by atoms with Crippen LogP contribution in [-0.4, -0.2) is 44.9 Å². The number of anilines is 3. The van der Waals surface area contributed by atoms with Gasteiger partial charge in [-0.15, -0.1) is 0 Å². The Morgan fingerprint density at radius 1 is 1.27 bits per heavy atom. The summed E-state index contributed by atoms with van der Waals surface area (Å²) >= 11 is 0. The van der Waals surface area contributed by atoms with Crippen LogP contribution in [0, 0.1) is 12.7 Å². The molecule has 0 fully saturated rings. The molecule has 176 valence electrons. The number of halogens is 1. The van der Waals surface area contributed by atoms with E-state index in [2.05, 4.69) is 31.2 Å². The number of carbonyl (C=O) groups excluding carboxylic acids is 1. The number of fused-ring (bicyclic) bond motifs is 1. The van der Waals surface area contributed by atoms with Gasteiger partial charge in [-0.2, -0.15) is 0 Å². The van der Waals surface area contributed by atoms with Crippen molar-refractivity contribution in [2.75, 3.05) is 22.8 Å². The number of hydrogen-bond acceptors (Lipinski definition) is 6. The molecule has 0 spiro atoms. The molecular weight excluding hydrogens is 445 g/mol. The first-order valence-electron chi connectivity index (χ1n) is 10.4. The molecule has 0 radical (unpaired) electrons. The average molecular weight is 474 g/mol. The number of aromatic nitrogens is 2. The Bertz CT molecular complexity index is 1280. The van der Waals surface area contributed by atoms with Gasteiger partial charge < -0.3 is 20.1 Å². The van der Waals surface area contributed by atoms with Crippen LogP contribution in [0.4, 0.5) is 21.6 Å². The summed E-state index contributed by atoms with van der Waals surface area (Å²) < 4.78 is 34.8. The normalized spacial score (nSPS) is 13.7. The zero-order valence-corrected chi connectivity index (χ0v) is 19.9. The second kappa shape index (κ2) is 10.0. The predicted molar refractivity (Wildman–Crippen MR) is 132 cm³/mol. The third-order valence-corrected chi connectivity index (χ3v) is 5.37. The minimum absolute atomic E-state index is 0.0856. The van der Waals surface area contributed by atoms with Crippen molar-refractivity contribution >= 4 is 49.6 Å². The Morgan fingerprint density at radius 3 is 2.73 bits per heavy atom. The van der Waals surface area contributed by atoms with Crippen LogP contribution < -0.4 is 20.1 Å². The molecule has 3 aromatic rings. The molecule has 0 aliphatic heterocycles. The number of nitrogens with one attached hydrogen (secondary N) is 3. The fourth-order valence-electron chi connectivity index (χ4n) is 3.26. The molecule has 2 atom stereocenters. The van der Waals surface area contributed by atoms with Crippen LogP contribution in [-0.2, 0) is 14.5 Å². The lowest BCUT2D eigenvalue weighted by Gasteiger charge is -2.19. The zero-order chi connectivity index (χ0) is 24.2. The molecule has 2 aromatic carbocycles. The van der Waals surface area contributed by atoms with Crippen molar-refractivity contribution in [1.29, 1.82) is 0 Å². The molecule has 1 amide bonds. The summed E-state index contributed by atoms with van der Waals surface area (Å²) in [5.41, 5.74) is 2.64. The zero-order valence-electron chi connectivity index (χ0n) is 19.1. The quantitative estimate of drug-likeness (QED) is 0.409. The van der Waals surface area contributed by atoms with Crippen molar-refractivity contribution in [3.8, 4) is 5.75 Å². The minimum Gasteiger partial charge on any atom is -0.487 e. The van der Waals surface area contributed by atoms with Crippen molar-refractivity contribution in [3.05, 3.63) is 48.0 Å². The Labute approximate surface area is 193 Å². The maximum Gasteiger partial charge on any atom is 0.219 e. The third kappa shape index (κ3) is 6.55. The number of rotatable bonds is 9. The number of carbonyl (C=O) groups is 1. The number of nitrogens with zero attached hydrogens (tertiary/aromatic N) is 2. The number of ether oxygens (including phenoxy) is 1. The van der Waals surface area contributed by atoms with E-state index in [0.29, 0.717) is 41.4 Å². The Kier molecular flexibility index (Phi) is 7.37. The summed E-state index contributed by atoms with van der Waals surface area (Å²) in [5, 5.41) is 6.73. The van der Waals surface area contributed by atoms with Gasteiger partial charge in [-0.05, 0) is 49.5 Å². The highest BCUT2D eigenvalue weighted by molar-refractivity contribution is 8.00. The number of amides is 1. The largest absolute Gasteiger partial charge is 0.487 e. The monoisotopic (exact) mass is 473 g/mol. The lowest BCUT2D eigenvalue weighted by molar-refractivity contribution is -0.121. The molecular formula is C23H28FN5O3S. The van der Waals surface area contributed by atoms with E-state index >= 15 is 0 Å². The first kappa shape index (κ1) is 24.2. The van der Waals surface area contributed by atoms with E-state index in [1.807, 2.05) is 13.0 Å². The van der Waals surface area contributed by atoms with Crippen LogP contribution in [0.15, 0.2) is 36.7 Å². The predicted octanol–water partition coefficient (Wildman–Crippen LogP) is 3.79. The maximum absolute atomic E-state index is 14.0. The molecule has 0 aliphatic carbocycles. The van der Waals surface area contributed by atoms with E-state index in [4.69, 9.17) is 4.74 Å². The van der Waals surface area contributed by atoms with E-state index in [9.17, 15) is 13.4 Å². The Morgan fingerprint density at radius 2 is 2.03 bits per heavy atom. The second-order valence-electron chi connectivity index (χ2n) is 7.87. The molecule has 0 saturated heterocycles. The van der Waals surface area contributed by atoms with Gasteiger partial charge in [0, 0.05) is 39.5 Å². The van der Waals surface area contributed by atoms with Crippen molar-refractivity contribution < 1.29 is 18.1 Å². The lowest BCUT2D eigenvalue weighted by atomic mass is 10.1. The Hall–Kier alpha value is -3.40. The van der Waals surface area contributed by atoms with Crippen LogP contribution in [0.2, 0.25) is 0 Å². The van der Waals surface area contributed by atoms with Crippen molar-refractivity contribution in [2.24, 2.45) is 0 Å². The van der Waals surface area contributed by atoms with Crippen molar-refractivity contribution in [3.63, 3.8) is 0 Å². The average Bonchev–Trinajstić information content (AvgIpc) is 2.72. The minimum atomic E-state index is -2.44. The topological polar surface area (TPSA) is 105 Å². The summed E-state index contributed by atoms with van der Waals surface area (Å²) in [6.45, 7) is 5.74. The highest BCUT2D eigenvalue weighted by atomic mass is 32.2. The number of hydrogen-bond donors (Lipinski definition) is 3. The SMILES string of the molecule is C=S(C)(=O)Nc1cc(C)c2c(Nc3ccc(F)cc3O[C@H](C)CNC(=O)CC)ncnc2c1. The van der Waals surface area contributed by atoms with E-state index in [1.165, 1.54) is 24.7 Å². The van der Waals surface area contributed by atoms with E-state index in [0.717, 1.165) is 10.9 Å². The molecule has 1 heterocycles. The molecule has 3 N–H and O–H groups in total. The third-order valence-electron chi connectivity index (χ3n) is 4.70. The van der Waals surface area contributed by atoms with Gasteiger partial charge in [0.25, 0.3) is 0 Å². The van der Waals surface area contributed by atoms with Gasteiger partial charge in [-0.25, -0.2) is 18.6 Å². The van der Waals surface area contributed by atoms with Crippen molar-refractivity contribution in [2.45, 2.75) is 33.3 Å². The molecule has 8 nitrogen and oxygen atoms in total. The first-order chi connectivity index (χ1) is 15.6. The van der Waals surface area contributed by atoms with Crippen LogP contribution in [0.5, 0.6) is 5.75 Å². The first-order valence-corrected chi connectivity index (χ1v) is 12.5. The highest BCUT2D eigenvalue weighted by Gasteiger charge is 2.15. The van der Waals surface area contributed by atoms with Gasteiger partial charge in [0.15, 0.2) is 0 Å². The standard InChI is InChI=1S/C23H28FN5O3S/c1-6-21(30)25-12-15(3)32-20-10-16(24)7-8-18(20)28-23-22-14(2)9-17(29-33(4,5)31)11-19(22)26-13-27-23/h7-11,13,15H,4,6,12H2,1-3,5H3,(H,25,30)(H,29,31)(H,26,27,28)/t15-,33?/m1/s1. The van der Waals surface area contributed by atoms with Gasteiger partial charge in [0.05, 0.1) is 17.7 Å². The summed E-state index contributed by atoms with van der Waals surface area (Å²) in [6, 6.07) is 7.78. The van der Waals surface area contributed by atoms with Gasteiger partial charge in [0.1, 0.15) is 29.8 Å². The summed E-state index contributed by atoms with van der Waals surface area (Å²) in [7, 11) is -2.44. The molecule has 0 bridgehead atoms. The molecule has 3 rings (SSSR count). The molecule has 1 unspecified atom stereocenters. The van der Waals surface area contributed by atoms with Gasteiger partial charge in [-0.1, -0.05) is 6.92 Å². The fourth-order valence-corrected chi connectivity index (χ4v) is 3.88. The molecule has 10 heteroatoms. The molecule has 0 aliphatic rings.